The lowest BCUT2D eigenvalue weighted by Crippen LogP contribution is -2.47. The summed E-state index contributed by atoms with van der Waals surface area (Å²) < 4.78 is 72.1. The van der Waals surface area contributed by atoms with E-state index < -0.39 is 20.0 Å². The Hall–Kier alpha value is -3.15. The van der Waals surface area contributed by atoms with Gasteiger partial charge in [-0.3, -0.25) is 4.72 Å². The van der Waals surface area contributed by atoms with E-state index in [0.717, 1.165) is 24.0 Å². The summed E-state index contributed by atoms with van der Waals surface area (Å²) in [5.74, 6) is -0.426. The second kappa shape index (κ2) is 11.1. The van der Waals surface area contributed by atoms with Crippen LogP contribution in [0.1, 0.15) is 36.9 Å². The van der Waals surface area contributed by atoms with E-state index in [1.165, 1.54) is 19.1 Å². The third-order valence-electron chi connectivity index (χ3n) is 7.38. The van der Waals surface area contributed by atoms with Gasteiger partial charge in [0, 0.05) is 37.9 Å². The van der Waals surface area contributed by atoms with Crippen molar-refractivity contribution in [1.29, 1.82) is 0 Å². The minimum absolute atomic E-state index is 0.0150. The normalized spacial score (nSPS) is 18.1. The molecule has 1 heterocycles. The molecule has 1 unspecified atom stereocenters. The zero-order valence-electron chi connectivity index (χ0n) is 21.8. The van der Waals surface area contributed by atoms with E-state index in [1.54, 1.807) is 30.3 Å². The van der Waals surface area contributed by atoms with Gasteiger partial charge < -0.3 is 9.80 Å². The molecule has 8 nitrogen and oxygen atoms in total. The maximum Gasteiger partial charge on any atom is 0.243 e. The molecule has 0 aromatic heterocycles. The molecule has 3 aromatic rings. The Balaban J connectivity index is 1.46. The third-order valence-corrected chi connectivity index (χ3v) is 10.2. The van der Waals surface area contributed by atoms with Gasteiger partial charge in [-0.15, -0.1) is 0 Å². The van der Waals surface area contributed by atoms with E-state index >= 15 is 0 Å². The summed E-state index contributed by atoms with van der Waals surface area (Å²) in [6, 6.07) is 18.7. The van der Waals surface area contributed by atoms with Crippen LogP contribution in [0.4, 0.5) is 21.5 Å². The van der Waals surface area contributed by atoms with E-state index in [9.17, 15) is 21.2 Å². The number of aryl methyl sites for hydroxylation is 1. The number of halogens is 1. The molecule has 2 aliphatic rings. The van der Waals surface area contributed by atoms with Crippen molar-refractivity contribution < 1.29 is 21.2 Å². The highest BCUT2D eigenvalue weighted by Gasteiger charge is 2.30. The molecule has 0 spiro atoms. The fourth-order valence-corrected chi connectivity index (χ4v) is 7.46. The lowest BCUT2D eigenvalue weighted by atomic mass is 9.88. The van der Waals surface area contributed by atoms with E-state index in [-0.39, 0.29) is 28.2 Å². The summed E-state index contributed by atoms with van der Waals surface area (Å²) in [5, 5.41) is 0. The number of anilines is 3. The largest absolute Gasteiger partial charge is 0.367 e. The Morgan fingerprint density at radius 2 is 1.54 bits per heavy atom. The van der Waals surface area contributed by atoms with Gasteiger partial charge in [-0.25, -0.2) is 25.9 Å². The van der Waals surface area contributed by atoms with Gasteiger partial charge in [-0.1, -0.05) is 36.4 Å². The molecular formula is C28H33FN4O4S2. The van der Waals surface area contributed by atoms with E-state index in [4.69, 9.17) is 0 Å². The number of fused-ring (bicyclic) bond motifs is 1. The second-order valence-electron chi connectivity index (χ2n) is 9.88. The number of piperazine rings is 1. The standard InChI is InChI=1S/C28H33FN4O4S2/c1-2-38(34,35)30-22-14-15-27(33-18-16-32(17-19-33)26-13-6-5-11-24(26)29)28(20-22)39(36,37)31-25-12-7-9-21-8-3-4-10-23(21)25/h3-6,8,10-11,13-15,20,25,30-31H,2,7,9,12,16-19H2,1H3. The van der Waals surface area contributed by atoms with Crippen LogP contribution in [-0.2, 0) is 26.5 Å². The number of hydrogen-bond donors (Lipinski definition) is 2. The van der Waals surface area contributed by atoms with Crippen molar-refractivity contribution >= 4 is 37.1 Å². The predicted molar refractivity (Wildman–Crippen MR) is 153 cm³/mol. The highest BCUT2D eigenvalue weighted by Crippen LogP contribution is 2.35. The lowest BCUT2D eigenvalue weighted by molar-refractivity contribution is 0.507. The quantitative estimate of drug-likeness (QED) is 0.418. The summed E-state index contributed by atoms with van der Waals surface area (Å²) in [6.07, 6.45) is 2.45. The first kappa shape index (κ1) is 27.4. The number of para-hydroxylation sites is 1. The second-order valence-corrected chi connectivity index (χ2v) is 13.6. The summed E-state index contributed by atoms with van der Waals surface area (Å²) in [6.45, 7) is 3.49. The molecule has 39 heavy (non-hydrogen) atoms. The molecule has 1 aliphatic carbocycles. The summed E-state index contributed by atoms with van der Waals surface area (Å²) in [7, 11) is -7.64. The highest BCUT2D eigenvalue weighted by molar-refractivity contribution is 7.92. The first-order valence-electron chi connectivity index (χ1n) is 13.2. The average molecular weight is 573 g/mol. The van der Waals surface area contributed by atoms with E-state index in [0.29, 0.717) is 44.0 Å². The monoisotopic (exact) mass is 572 g/mol. The fraction of sp³-hybridized carbons (Fsp3) is 0.357. The number of rotatable bonds is 8. The Morgan fingerprint density at radius 3 is 2.26 bits per heavy atom. The van der Waals surface area contributed by atoms with Gasteiger partial charge in [-0.05, 0) is 67.6 Å². The van der Waals surface area contributed by atoms with E-state index in [2.05, 4.69) is 9.44 Å². The van der Waals surface area contributed by atoms with Crippen LogP contribution >= 0.6 is 0 Å². The van der Waals surface area contributed by atoms with Crippen molar-refractivity contribution in [3.8, 4) is 0 Å². The van der Waals surface area contributed by atoms with Gasteiger partial charge in [0.15, 0.2) is 0 Å². The van der Waals surface area contributed by atoms with Crippen LogP contribution in [0.15, 0.2) is 71.6 Å². The topological polar surface area (TPSA) is 98.8 Å². The van der Waals surface area contributed by atoms with Gasteiger partial charge in [0.2, 0.25) is 20.0 Å². The molecule has 1 fully saturated rings. The molecule has 0 amide bonds. The maximum absolute atomic E-state index is 14.4. The van der Waals surface area contributed by atoms with Gasteiger partial charge in [0.1, 0.15) is 10.7 Å². The summed E-state index contributed by atoms with van der Waals surface area (Å²) in [4.78, 5) is 3.92. The molecule has 11 heteroatoms. The average Bonchev–Trinajstić information content (AvgIpc) is 2.93. The number of benzene rings is 3. The maximum atomic E-state index is 14.4. The number of hydrogen-bond acceptors (Lipinski definition) is 6. The van der Waals surface area contributed by atoms with Gasteiger partial charge in [0.25, 0.3) is 0 Å². The van der Waals surface area contributed by atoms with Crippen LogP contribution in [0, 0.1) is 5.82 Å². The van der Waals surface area contributed by atoms with Crippen LogP contribution in [0.5, 0.6) is 0 Å². The molecule has 0 bridgehead atoms. The highest BCUT2D eigenvalue weighted by atomic mass is 32.2. The predicted octanol–water partition coefficient (Wildman–Crippen LogP) is 4.27. The van der Waals surface area contributed by atoms with Crippen molar-refractivity contribution in [3.63, 3.8) is 0 Å². The molecule has 208 valence electrons. The Morgan fingerprint density at radius 1 is 0.872 bits per heavy atom. The first-order valence-corrected chi connectivity index (χ1v) is 16.3. The molecular weight excluding hydrogens is 539 g/mol. The Kier molecular flexibility index (Phi) is 7.84. The first-order chi connectivity index (χ1) is 18.7. The molecule has 5 rings (SSSR count). The molecule has 1 saturated heterocycles. The van der Waals surface area contributed by atoms with Crippen LogP contribution in [0.2, 0.25) is 0 Å². The zero-order chi connectivity index (χ0) is 27.6. The number of nitrogens with one attached hydrogen (secondary N) is 2. The van der Waals surface area contributed by atoms with E-state index in [1.807, 2.05) is 34.1 Å². The lowest BCUT2D eigenvalue weighted by Gasteiger charge is -2.38. The van der Waals surface area contributed by atoms with Crippen molar-refractivity contribution in [2.24, 2.45) is 0 Å². The van der Waals surface area contributed by atoms with Crippen molar-refractivity contribution in [3.05, 3.63) is 83.7 Å². The van der Waals surface area contributed by atoms with Gasteiger partial charge in [0.05, 0.1) is 17.1 Å². The third kappa shape index (κ3) is 6.05. The molecule has 1 atom stereocenters. The number of nitrogens with zero attached hydrogens (tertiary/aromatic N) is 2. The van der Waals surface area contributed by atoms with Gasteiger partial charge in [-0.2, -0.15) is 0 Å². The van der Waals surface area contributed by atoms with Crippen molar-refractivity contribution in [2.75, 3.05) is 46.5 Å². The zero-order valence-corrected chi connectivity index (χ0v) is 23.4. The smallest absolute Gasteiger partial charge is 0.243 e. The molecule has 0 saturated carbocycles. The minimum atomic E-state index is -4.04. The van der Waals surface area contributed by atoms with Crippen LogP contribution in [-0.4, -0.2) is 48.8 Å². The van der Waals surface area contributed by atoms with Crippen molar-refractivity contribution in [1.82, 2.24) is 4.72 Å². The van der Waals surface area contributed by atoms with Crippen LogP contribution < -0.4 is 19.2 Å². The molecule has 3 aromatic carbocycles. The fourth-order valence-electron chi connectivity index (χ4n) is 5.33. The van der Waals surface area contributed by atoms with Gasteiger partial charge >= 0.3 is 0 Å². The van der Waals surface area contributed by atoms with Crippen LogP contribution in [0.3, 0.4) is 0 Å². The van der Waals surface area contributed by atoms with Crippen molar-refractivity contribution in [2.45, 2.75) is 37.1 Å². The number of sulfonamides is 2. The Bertz CT molecular complexity index is 1560. The SMILES string of the molecule is CCS(=O)(=O)Nc1ccc(N2CCN(c3ccccc3F)CC2)c(S(=O)(=O)NC2CCCc3ccccc32)c1. The molecule has 2 N–H and O–H groups in total. The van der Waals surface area contributed by atoms with Crippen LogP contribution in [0.25, 0.3) is 0 Å². The minimum Gasteiger partial charge on any atom is -0.367 e. The summed E-state index contributed by atoms with van der Waals surface area (Å²) in [5.41, 5.74) is 3.29. The summed E-state index contributed by atoms with van der Waals surface area (Å²) >= 11 is 0. The molecule has 0 radical (unpaired) electrons. The Labute approximate surface area is 229 Å². The molecule has 1 aliphatic heterocycles.